The van der Waals surface area contributed by atoms with Crippen LogP contribution in [0.1, 0.15) is 12.6 Å². The molecule has 0 spiro atoms. The van der Waals surface area contributed by atoms with Gasteiger partial charge in [-0.2, -0.15) is 0 Å². The second kappa shape index (κ2) is 6.56. The normalized spacial score (nSPS) is 19.0. The number of aromatic nitrogens is 1. The summed E-state index contributed by atoms with van der Waals surface area (Å²) in [6, 6.07) is 2.43. The zero-order chi connectivity index (χ0) is 14.8. The minimum atomic E-state index is 0.174. The molecule has 1 aliphatic heterocycles. The number of nitrogens with zero attached hydrogens (tertiary/aromatic N) is 2. The van der Waals surface area contributed by atoms with Crippen molar-refractivity contribution in [3.8, 4) is 9.88 Å². The van der Waals surface area contributed by atoms with Gasteiger partial charge in [0, 0.05) is 40.9 Å². The van der Waals surface area contributed by atoms with Crippen molar-refractivity contribution in [3.05, 3.63) is 27.0 Å². The summed E-state index contributed by atoms with van der Waals surface area (Å²) in [6.07, 6.45) is 0.399. The van der Waals surface area contributed by atoms with Crippen LogP contribution < -0.4 is 5.32 Å². The maximum atomic E-state index is 12.3. The van der Waals surface area contributed by atoms with Gasteiger partial charge in [0.05, 0.1) is 17.0 Å². The second-order valence-electron chi connectivity index (χ2n) is 5.14. The molecule has 1 saturated heterocycles. The fourth-order valence-corrected chi connectivity index (χ4v) is 4.68. The smallest absolute Gasteiger partial charge is 0.228 e. The topological polar surface area (TPSA) is 45.2 Å². The van der Waals surface area contributed by atoms with Gasteiger partial charge in [0.25, 0.3) is 0 Å². The number of rotatable bonds is 3. The molecule has 1 atom stereocenters. The molecule has 3 heterocycles. The first kappa shape index (κ1) is 15.1. The molecule has 0 bridgehead atoms. The summed E-state index contributed by atoms with van der Waals surface area (Å²) in [4.78, 5) is 20.0. The van der Waals surface area contributed by atoms with Crippen molar-refractivity contribution in [1.82, 2.24) is 15.2 Å². The van der Waals surface area contributed by atoms with E-state index in [1.165, 1.54) is 0 Å². The van der Waals surface area contributed by atoms with Gasteiger partial charge >= 0.3 is 0 Å². The Kier molecular flexibility index (Phi) is 4.73. The van der Waals surface area contributed by atoms with Gasteiger partial charge in [-0.3, -0.25) is 4.79 Å². The summed E-state index contributed by atoms with van der Waals surface area (Å²) in [7, 11) is 0. The molecule has 7 heteroatoms. The molecule has 0 saturated carbocycles. The lowest BCUT2D eigenvalue weighted by Gasteiger charge is -2.31. The number of hydrogen-bond acceptors (Lipinski definition) is 5. The Bertz CT molecular complexity index is 640. The first-order chi connectivity index (χ1) is 10.1. The van der Waals surface area contributed by atoms with E-state index in [0.29, 0.717) is 12.5 Å². The van der Waals surface area contributed by atoms with Crippen molar-refractivity contribution in [3.63, 3.8) is 0 Å². The number of carbonyl (C=O) groups is 1. The summed E-state index contributed by atoms with van der Waals surface area (Å²) >= 11 is 6.72. The van der Waals surface area contributed by atoms with Crippen LogP contribution in [0, 0.1) is 0 Å². The molecule has 2 aromatic rings. The van der Waals surface area contributed by atoms with Crippen molar-refractivity contribution in [2.75, 3.05) is 19.6 Å². The SMILES string of the molecule is CC1CN(C(=O)Cc2csc(-c3cc(Br)cs3)n2)CCN1. The highest BCUT2D eigenvalue weighted by molar-refractivity contribution is 9.10. The summed E-state index contributed by atoms with van der Waals surface area (Å²) in [6.45, 7) is 4.55. The van der Waals surface area contributed by atoms with E-state index >= 15 is 0 Å². The molecule has 112 valence electrons. The fraction of sp³-hybridized carbons (Fsp3) is 0.429. The maximum Gasteiger partial charge on any atom is 0.228 e. The Morgan fingerprint density at radius 2 is 2.38 bits per heavy atom. The monoisotopic (exact) mass is 385 g/mol. The van der Waals surface area contributed by atoms with Gasteiger partial charge in [0.1, 0.15) is 5.01 Å². The highest BCUT2D eigenvalue weighted by atomic mass is 79.9. The third kappa shape index (κ3) is 3.71. The molecule has 1 fully saturated rings. The zero-order valence-corrected chi connectivity index (χ0v) is 14.9. The van der Waals surface area contributed by atoms with E-state index in [-0.39, 0.29) is 5.91 Å². The molecule has 0 radical (unpaired) electrons. The molecule has 1 aliphatic rings. The van der Waals surface area contributed by atoms with Gasteiger partial charge in [0.2, 0.25) is 5.91 Å². The number of nitrogens with one attached hydrogen (secondary N) is 1. The first-order valence-electron chi connectivity index (χ1n) is 6.82. The molecule has 0 aromatic carbocycles. The molecule has 3 rings (SSSR count). The lowest BCUT2D eigenvalue weighted by molar-refractivity contribution is -0.131. The first-order valence-corrected chi connectivity index (χ1v) is 9.37. The molecular formula is C14H16BrN3OS2. The number of thiophene rings is 1. The van der Waals surface area contributed by atoms with Gasteiger partial charge in [0.15, 0.2) is 0 Å². The fourth-order valence-electron chi connectivity index (χ4n) is 2.35. The minimum absolute atomic E-state index is 0.174. The number of amides is 1. The summed E-state index contributed by atoms with van der Waals surface area (Å²) < 4.78 is 1.07. The Morgan fingerprint density at radius 3 is 3.10 bits per heavy atom. The number of piperazine rings is 1. The average molecular weight is 386 g/mol. The maximum absolute atomic E-state index is 12.3. The number of thiazole rings is 1. The van der Waals surface area contributed by atoms with E-state index in [0.717, 1.165) is 39.7 Å². The lowest BCUT2D eigenvalue weighted by Crippen LogP contribution is -2.51. The Hall–Kier alpha value is -0.760. The molecule has 1 unspecified atom stereocenters. The van der Waals surface area contributed by atoms with E-state index in [9.17, 15) is 4.79 Å². The van der Waals surface area contributed by atoms with E-state index in [2.05, 4.69) is 39.2 Å². The summed E-state index contributed by atoms with van der Waals surface area (Å²) in [5.41, 5.74) is 0.871. The van der Waals surface area contributed by atoms with E-state index in [1.54, 1.807) is 22.7 Å². The van der Waals surface area contributed by atoms with Crippen LogP contribution in [0.25, 0.3) is 9.88 Å². The Labute approximate surface area is 140 Å². The van der Waals surface area contributed by atoms with Crippen LogP contribution in [0.2, 0.25) is 0 Å². The lowest BCUT2D eigenvalue weighted by atomic mass is 10.2. The van der Waals surface area contributed by atoms with Crippen LogP contribution in [0.4, 0.5) is 0 Å². The Balaban J connectivity index is 1.65. The summed E-state index contributed by atoms with van der Waals surface area (Å²) in [5.74, 6) is 0.174. The van der Waals surface area contributed by atoms with Crippen molar-refractivity contribution in [2.45, 2.75) is 19.4 Å². The largest absolute Gasteiger partial charge is 0.340 e. The zero-order valence-electron chi connectivity index (χ0n) is 11.6. The van der Waals surface area contributed by atoms with Gasteiger partial charge in [-0.25, -0.2) is 4.98 Å². The van der Waals surface area contributed by atoms with E-state index in [4.69, 9.17) is 0 Å². The van der Waals surface area contributed by atoms with Crippen LogP contribution in [-0.4, -0.2) is 41.5 Å². The van der Waals surface area contributed by atoms with Gasteiger partial charge in [-0.15, -0.1) is 22.7 Å². The predicted octanol–water partition coefficient (Wildman–Crippen LogP) is 3.00. The molecule has 21 heavy (non-hydrogen) atoms. The number of hydrogen-bond donors (Lipinski definition) is 1. The van der Waals surface area contributed by atoms with Gasteiger partial charge in [-0.1, -0.05) is 0 Å². The highest BCUT2D eigenvalue weighted by Crippen LogP contribution is 2.32. The molecule has 4 nitrogen and oxygen atoms in total. The van der Waals surface area contributed by atoms with Crippen molar-refractivity contribution in [2.24, 2.45) is 0 Å². The van der Waals surface area contributed by atoms with Crippen LogP contribution in [-0.2, 0) is 11.2 Å². The second-order valence-corrected chi connectivity index (χ2v) is 7.83. The molecule has 1 N–H and O–H groups in total. The van der Waals surface area contributed by atoms with Crippen molar-refractivity contribution >= 4 is 44.5 Å². The third-order valence-corrected chi connectivity index (χ3v) is 6.14. The number of carbonyl (C=O) groups excluding carboxylic acids is 1. The molecule has 0 aliphatic carbocycles. The molecule has 2 aromatic heterocycles. The standard InChI is InChI=1S/C14H16BrN3OS2/c1-9-6-18(3-2-16-9)13(19)5-11-8-21-14(17-11)12-4-10(15)7-20-12/h4,7-9,16H,2-3,5-6H2,1H3. The van der Waals surface area contributed by atoms with Gasteiger partial charge in [-0.05, 0) is 28.9 Å². The van der Waals surface area contributed by atoms with E-state index < -0.39 is 0 Å². The Morgan fingerprint density at radius 1 is 1.52 bits per heavy atom. The van der Waals surface area contributed by atoms with Crippen LogP contribution in [0.5, 0.6) is 0 Å². The quantitative estimate of drug-likeness (QED) is 0.882. The molecular weight excluding hydrogens is 370 g/mol. The van der Waals surface area contributed by atoms with Crippen molar-refractivity contribution in [1.29, 1.82) is 0 Å². The predicted molar refractivity (Wildman–Crippen MR) is 90.9 cm³/mol. The number of halogens is 1. The summed E-state index contributed by atoms with van der Waals surface area (Å²) in [5, 5.41) is 8.37. The highest BCUT2D eigenvalue weighted by Gasteiger charge is 2.21. The van der Waals surface area contributed by atoms with Crippen LogP contribution in [0.3, 0.4) is 0 Å². The van der Waals surface area contributed by atoms with Crippen molar-refractivity contribution < 1.29 is 4.79 Å². The molecule has 1 amide bonds. The van der Waals surface area contributed by atoms with E-state index in [1.807, 2.05) is 15.7 Å². The third-order valence-electron chi connectivity index (χ3n) is 3.38. The van der Waals surface area contributed by atoms with Crippen LogP contribution in [0.15, 0.2) is 21.3 Å². The van der Waals surface area contributed by atoms with Gasteiger partial charge < -0.3 is 10.2 Å². The van der Waals surface area contributed by atoms with Crippen LogP contribution >= 0.6 is 38.6 Å². The average Bonchev–Trinajstić information content (AvgIpc) is 3.07. The minimum Gasteiger partial charge on any atom is -0.340 e.